The van der Waals surface area contributed by atoms with E-state index in [0.29, 0.717) is 17.7 Å². The molecule has 2 aromatic carbocycles. The Hall–Kier alpha value is -2.88. The van der Waals surface area contributed by atoms with Crippen LogP contribution in [0, 0.1) is 0 Å². The number of carbonyl (C=O) groups excluding carboxylic acids is 2. The van der Waals surface area contributed by atoms with Gasteiger partial charge in [-0.05, 0) is 18.6 Å². The van der Waals surface area contributed by atoms with Gasteiger partial charge in [0.2, 0.25) is 0 Å². The van der Waals surface area contributed by atoms with Crippen LogP contribution in [0.1, 0.15) is 29.3 Å². The minimum Gasteiger partial charge on any atom is -0.489 e. The molecule has 0 saturated carbocycles. The first-order chi connectivity index (χ1) is 11.2. The molecule has 0 atom stereocenters. The van der Waals surface area contributed by atoms with Crippen molar-refractivity contribution in [2.75, 3.05) is 6.61 Å². The molecule has 0 aliphatic rings. The van der Waals surface area contributed by atoms with Crippen molar-refractivity contribution in [3.05, 3.63) is 72.3 Å². The number of para-hydroxylation sites is 1. The van der Waals surface area contributed by atoms with Gasteiger partial charge in [-0.1, -0.05) is 49.9 Å². The smallest absolute Gasteiger partial charge is 0.335 e. The zero-order valence-electron chi connectivity index (χ0n) is 13.0. The fraction of sp³-hybridized carbons (Fsp3) is 0.158. The molecule has 0 aliphatic carbocycles. The van der Waals surface area contributed by atoms with Crippen molar-refractivity contribution in [1.82, 2.24) is 0 Å². The summed E-state index contributed by atoms with van der Waals surface area (Å²) in [4.78, 5) is 24.2. The molecule has 0 bridgehead atoms. The van der Waals surface area contributed by atoms with Gasteiger partial charge in [-0.25, -0.2) is 4.79 Å². The molecule has 0 aromatic heterocycles. The minimum absolute atomic E-state index is 0.187. The molecule has 23 heavy (non-hydrogen) atoms. The summed E-state index contributed by atoms with van der Waals surface area (Å²) in [6, 6.07) is 13.8. The fourth-order valence-corrected chi connectivity index (χ4v) is 2.02. The Morgan fingerprint density at radius 2 is 1.83 bits per heavy atom. The van der Waals surface area contributed by atoms with Gasteiger partial charge in [0.25, 0.3) is 0 Å². The van der Waals surface area contributed by atoms with Gasteiger partial charge >= 0.3 is 5.97 Å². The first kappa shape index (κ1) is 16.5. The molecule has 2 rings (SSSR count). The highest BCUT2D eigenvalue weighted by Crippen LogP contribution is 2.33. The van der Waals surface area contributed by atoms with Crippen LogP contribution in [0.2, 0.25) is 0 Å². The number of hydrogen-bond acceptors (Lipinski definition) is 4. The highest BCUT2D eigenvalue weighted by molar-refractivity contribution is 6.11. The standard InChI is InChI=1S/C19H18O4/c1-3-13-22-19-15(18(21)14-9-6-5-7-10-14)11-8-12-16(19)23-17(20)4-2/h4-12H,2-3,13H2,1H3. The normalized spacial score (nSPS) is 9.96. The Balaban J connectivity index is 2.45. The van der Waals surface area contributed by atoms with Gasteiger partial charge in [-0.3, -0.25) is 4.79 Å². The summed E-state index contributed by atoms with van der Waals surface area (Å²) in [7, 11) is 0. The maximum atomic E-state index is 12.7. The quantitative estimate of drug-likeness (QED) is 0.338. The van der Waals surface area contributed by atoms with Crippen molar-refractivity contribution in [2.45, 2.75) is 13.3 Å². The summed E-state index contributed by atoms with van der Waals surface area (Å²) in [6.45, 7) is 5.74. The lowest BCUT2D eigenvalue weighted by Gasteiger charge is -2.14. The van der Waals surface area contributed by atoms with E-state index in [9.17, 15) is 9.59 Å². The minimum atomic E-state index is -0.601. The van der Waals surface area contributed by atoms with Gasteiger partial charge in [0.1, 0.15) is 0 Å². The largest absolute Gasteiger partial charge is 0.489 e. The van der Waals surface area contributed by atoms with Crippen molar-refractivity contribution < 1.29 is 19.1 Å². The average molecular weight is 310 g/mol. The number of rotatable bonds is 7. The van der Waals surface area contributed by atoms with E-state index in [1.165, 1.54) is 0 Å². The Labute approximate surface area is 135 Å². The zero-order valence-corrected chi connectivity index (χ0v) is 13.0. The maximum absolute atomic E-state index is 12.7. The van der Waals surface area contributed by atoms with E-state index in [0.717, 1.165) is 12.5 Å². The lowest BCUT2D eigenvalue weighted by molar-refractivity contribution is -0.129. The topological polar surface area (TPSA) is 52.6 Å². The molecule has 2 aromatic rings. The van der Waals surface area contributed by atoms with E-state index >= 15 is 0 Å². The Morgan fingerprint density at radius 3 is 2.48 bits per heavy atom. The third kappa shape index (κ3) is 4.07. The van der Waals surface area contributed by atoms with Crippen LogP contribution in [0.25, 0.3) is 0 Å². The molecule has 118 valence electrons. The molecule has 0 fully saturated rings. The van der Waals surface area contributed by atoms with Crippen LogP contribution in [0.4, 0.5) is 0 Å². The van der Waals surface area contributed by atoms with Crippen LogP contribution in [-0.4, -0.2) is 18.4 Å². The Morgan fingerprint density at radius 1 is 1.09 bits per heavy atom. The van der Waals surface area contributed by atoms with Gasteiger partial charge in [0.05, 0.1) is 12.2 Å². The Bertz CT molecular complexity index is 705. The molecule has 0 radical (unpaired) electrons. The molecular formula is C19H18O4. The number of carbonyl (C=O) groups is 2. The third-order valence-electron chi connectivity index (χ3n) is 3.09. The molecule has 4 nitrogen and oxygen atoms in total. The highest BCUT2D eigenvalue weighted by Gasteiger charge is 2.19. The average Bonchev–Trinajstić information content (AvgIpc) is 2.60. The van der Waals surface area contributed by atoms with Crippen molar-refractivity contribution >= 4 is 11.8 Å². The van der Waals surface area contributed by atoms with E-state index in [1.807, 2.05) is 13.0 Å². The number of ether oxygens (including phenoxy) is 2. The highest BCUT2D eigenvalue weighted by atomic mass is 16.6. The summed E-state index contributed by atoms with van der Waals surface area (Å²) < 4.78 is 10.9. The first-order valence-corrected chi connectivity index (χ1v) is 7.37. The second-order valence-corrected chi connectivity index (χ2v) is 4.80. The van der Waals surface area contributed by atoms with Crippen LogP contribution in [0.15, 0.2) is 61.2 Å². The van der Waals surface area contributed by atoms with Crippen molar-refractivity contribution in [1.29, 1.82) is 0 Å². The lowest BCUT2D eigenvalue weighted by atomic mass is 10.0. The Kier molecular flexibility index (Phi) is 5.69. The van der Waals surface area contributed by atoms with E-state index in [1.54, 1.807) is 42.5 Å². The fourth-order valence-electron chi connectivity index (χ4n) is 2.02. The number of ketones is 1. The monoisotopic (exact) mass is 310 g/mol. The molecular weight excluding hydrogens is 292 g/mol. The number of esters is 1. The van der Waals surface area contributed by atoms with Crippen LogP contribution >= 0.6 is 0 Å². The molecule has 0 heterocycles. The van der Waals surface area contributed by atoms with Gasteiger partial charge in [0.15, 0.2) is 17.3 Å². The van der Waals surface area contributed by atoms with Crippen LogP contribution < -0.4 is 9.47 Å². The predicted molar refractivity (Wildman–Crippen MR) is 87.9 cm³/mol. The lowest BCUT2D eigenvalue weighted by Crippen LogP contribution is -2.10. The van der Waals surface area contributed by atoms with Gasteiger partial charge in [-0.15, -0.1) is 0 Å². The van der Waals surface area contributed by atoms with Crippen LogP contribution in [0.5, 0.6) is 11.5 Å². The summed E-state index contributed by atoms with van der Waals surface area (Å²) in [5, 5.41) is 0. The zero-order chi connectivity index (χ0) is 16.7. The molecule has 0 unspecified atom stereocenters. The summed E-state index contributed by atoms with van der Waals surface area (Å²) >= 11 is 0. The number of benzene rings is 2. The number of hydrogen-bond donors (Lipinski definition) is 0. The van der Waals surface area contributed by atoms with Crippen molar-refractivity contribution in [3.63, 3.8) is 0 Å². The molecule has 0 spiro atoms. The van der Waals surface area contributed by atoms with E-state index in [-0.39, 0.29) is 17.3 Å². The SMILES string of the molecule is C=CC(=O)Oc1cccc(C(=O)c2ccccc2)c1OCCC. The second-order valence-electron chi connectivity index (χ2n) is 4.80. The van der Waals surface area contributed by atoms with E-state index < -0.39 is 5.97 Å². The van der Waals surface area contributed by atoms with Crippen LogP contribution in [0.3, 0.4) is 0 Å². The first-order valence-electron chi connectivity index (χ1n) is 7.37. The maximum Gasteiger partial charge on any atom is 0.335 e. The second kappa shape index (κ2) is 7.94. The molecule has 0 aliphatic heterocycles. The van der Waals surface area contributed by atoms with E-state index in [4.69, 9.17) is 9.47 Å². The van der Waals surface area contributed by atoms with Crippen LogP contribution in [-0.2, 0) is 4.79 Å². The van der Waals surface area contributed by atoms with Gasteiger partial charge in [0, 0.05) is 11.6 Å². The summed E-state index contributed by atoms with van der Waals surface area (Å²) in [5.41, 5.74) is 0.903. The van der Waals surface area contributed by atoms with Crippen molar-refractivity contribution in [3.8, 4) is 11.5 Å². The molecule has 0 saturated heterocycles. The summed E-state index contributed by atoms with van der Waals surface area (Å²) in [6.07, 6.45) is 1.83. The summed E-state index contributed by atoms with van der Waals surface area (Å²) in [5.74, 6) is -0.299. The predicted octanol–water partition coefficient (Wildman–Crippen LogP) is 3.80. The molecule has 4 heteroatoms. The van der Waals surface area contributed by atoms with Crippen molar-refractivity contribution in [2.24, 2.45) is 0 Å². The third-order valence-corrected chi connectivity index (χ3v) is 3.09. The van der Waals surface area contributed by atoms with E-state index in [2.05, 4.69) is 6.58 Å². The molecule has 0 N–H and O–H groups in total. The van der Waals surface area contributed by atoms with Gasteiger partial charge in [-0.2, -0.15) is 0 Å². The molecule has 0 amide bonds. The van der Waals surface area contributed by atoms with Gasteiger partial charge < -0.3 is 9.47 Å².